The molecule has 4 rings (SSSR count). The predicted molar refractivity (Wildman–Crippen MR) is 159 cm³/mol. The molecule has 2 aromatic carbocycles. The lowest BCUT2D eigenvalue weighted by Crippen LogP contribution is -2.38. The number of aliphatic hydroxyl groups excluding tert-OH is 1. The Morgan fingerprint density at radius 1 is 1.08 bits per heavy atom. The Labute approximate surface area is 237 Å². The third-order valence-corrected chi connectivity index (χ3v) is 7.51. The van der Waals surface area contributed by atoms with Crippen molar-refractivity contribution in [2.24, 2.45) is 0 Å². The highest BCUT2D eigenvalue weighted by atomic mass is 35.5. The summed E-state index contributed by atoms with van der Waals surface area (Å²) in [6.07, 6.45) is 5.55. The van der Waals surface area contributed by atoms with E-state index in [-0.39, 0.29) is 18.1 Å². The van der Waals surface area contributed by atoms with Gasteiger partial charge in [-0.15, -0.1) is 0 Å². The summed E-state index contributed by atoms with van der Waals surface area (Å²) in [5.74, 6) is 0.415. The van der Waals surface area contributed by atoms with Gasteiger partial charge in [0.2, 0.25) is 0 Å². The zero-order chi connectivity index (χ0) is 27.8. The molecule has 1 aromatic heterocycles. The largest absolute Gasteiger partial charge is 0.492 e. The first-order valence-corrected chi connectivity index (χ1v) is 14.4. The van der Waals surface area contributed by atoms with Crippen molar-refractivity contribution in [2.45, 2.75) is 64.0 Å². The lowest BCUT2D eigenvalue weighted by atomic mass is 9.92. The first-order valence-electron chi connectivity index (χ1n) is 14.0. The van der Waals surface area contributed by atoms with E-state index in [4.69, 9.17) is 21.3 Å². The smallest absolute Gasteiger partial charge is 0.270 e. The molecule has 7 heteroatoms. The van der Waals surface area contributed by atoms with Crippen molar-refractivity contribution in [3.63, 3.8) is 0 Å². The van der Waals surface area contributed by atoms with Crippen LogP contribution in [-0.4, -0.2) is 60.3 Å². The van der Waals surface area contributed by atoms with Crippen LogP contribution in [0.15, 0.2) is 54.6 Å². The second-order valence-corrected chi connectivity index (χ2v) is 11.0. The van der Waals surface area contributed by atoms with E-state index in [2.05, 4.69) is 35.3 Å². The van der Waals surface area contributed by atoms with Crippen LogP contribution in [-0.2, 0) is 6.42 Å². The van der Waals surface area contributed by atoms with Crippen molar-refractivity contribution in [1.82, 2.24) is 15.2 Å². The fourth-order valence-corrected chi connectivity index (χ4v) is 5.27. The SMILES string of the molecule is CCCc1ccccc1-c1ccc(C(=O)NC2CCC(O)CC2)nc1-c1ccc(Cl)c(OCCCN(C)C)c1. The van der Waals surface area contributed by atoms with Crippen molar-refractivity contribution >= 4 is 17.5 Å². The number of carbonyl (C=O) groups is 1. The molecule has 0 spiro atoms. The number of aliphatic hydroxyl groups is 1. The van der Waals surface area contributed by atoms with Gasteiger partial charge in [-0.25, -0.2) is 4.98 Å². The number of ether oxygens (including phenoxy) is 1. The van der Waals surface area contributed by atoms with Crippen molar-refractivity contribution in [2.75, 3.05) is 27.2 Å². The molecule has 6 nitrogen and oxygen atoms in total. The van der Waals surface area contributed by atoms with E-state index in [0.29, 0.717) is 35.9 Å². The molecular weight excluding hydrogens is 510 g/mol. The summed E-state index contributed by atoms with van der Waals surface area (Å²) in [6.45, 7) is 3.65. The normalized spacial score (nSPS) is 17.3. The summed E-state index contributed by atoms with van der Waals surface area (Å²) in [5, 5.41) is 13.5. The molecule has 0 saturated heterocycles. The van der Waals surface area contributed by atoms with E-state index in [1.165, 1.54) is 5.56 Å². The van der Waals surface area contributed by atoms with Gasteiger partial charge in [0.25, 0.3) is 5.91 Å². The van der Waals surface area contributed by atoms with Crippen molar-refractivity contribution < 1.29 is 14.6 Å². The predicted octanol–water partition coefficient (Wildman–Crippen LogP) is 6.39. The molecule has 0 bridgehead atoms. The molecule has 208 valence electrons. The minimum atomic E-state index is -0.269. The van der Waals surface area contributed by atoms with Crippen LogP contribution in [0, 0.1) is 0 Å². The Kier molecular flexibility index (Phi) is 10.4. The lowest BCUT2D eigenvalue weighted by Gasteiger charge is -2.26. The van der Waals surface area contributed by atoms with Crippen LogP contribution in [0.1, 0.15) is 61.5 Å². The zero-order valence-electron chi connectivity index (χ0n) is 23.3. The van der Waals surface area contributed by atoms with E-state index in [9.17, 15) is 9.90 Å². The number of amides is 1. The number of aromatic nitrogens is 1. The van der Waals surface area contributed by atoms with Gasteiger partial charge in [-0.2, -0.15) is 0 Å². The molecule has 1 aliphatic carbocycles. The number of aryl methyl sites for hydroxylation is 1. The van der Waals surface area contributed by atoms with Gasteiger partial charge in [-0.1, -0.05) is 55.3 Å². The van der Waals surface area contributed by atoms with Crippen LogP contribution in [0.5, 0.6) is 5.75 Å². The van der Waals surface area contributed by atoms with Gasteiger partial charge in [-0.3, -0.25) is 4.79 Å². The summed E-state index contributed by atoms with van der Waals surface area (Å²) >= 11 is 6.51. The number of carbonyl (C=O) groups excluding carboxylic acids is 1. The molecule has 39 heavy (non-hydrogen) atoms. The fraction of sp³-hybridized carbons (Fsp3) is 0.438. The number of nitrogens with one attached hydrogen (secondary N) is 1. The van der Waals surface area contributed by atoms with Crippen LogP contribution in [0.4, 0.5) is 0 Å². The summed E-state index contributed by atoms with van der Waals surface area (Å²) in [6, 6.07) is 17.9. The number of pyridine rings is 1. The number of benzene rings is 2. The van der Waals surface area contributed by atoms with Crippen LogP contribution in [0.25, 0.3) is 22.4 Å². The molecule has 1 aliphatic rings. The molecule has 2 N–H and O–H groups in total. The first-order chi connectivity index (χ1) is 18.9. The van der Waals surface area contributed by atoms with E-state index >= 15 is 0 Å². The van der Waals surface area contributed by atoms with Crippen LogP contribution < -0.4 is 10.1 Å². The Hall–Kier alpha value is -2.93. The second kappa shape index (κ2) is 13.9. The van der Waals surface area contributed by atoms with E-state index in [1.54, 1.807) is 0 Å². The maximum atomic E-state index is 13.3. The van der Waals surface area contributed by atoms with E-state index < -0.39 is 0 Å². The fourth-order valence-electron chi connectivity index (χ4n) is 5.10. The summed E-state index contributed by atoms with van der Waals surface area (Å²) < 4.78 is 6.06. The molecule has 1 saturated carbocycles. The van der Waals surface area contributed by atoms with Crippen molar-refractivity contribution in [3.8, 4) is 28.1 Å². The van der Waals surface area contributed by atoms with Gasteiger partial charge in [-0.05, 0) is 88.0 Å². The minimum absolute atomic E-state index is 0.0498. The van der Waals surface area contributed by atoms with Gasteiger partial charge in [0, 0.05) is 23.7 Å². The monoisotopic (exact) mass is 549 g/mol. The molecule has 1 amide bonds. The highest BCUT2D eigenvalue weighted by molar-refractivity contribution is 6.32. The molecule has 1 fully saturated rings. The molecule has 3 aromatic rings. The number of rotatable bonds is 11. The summed E-state index contributed by atoms with van der Waals surface area (Å²) in [4.78, 5) is 20.3. The highest BCUT2D eigenvalue weighted by Crippen LogP contribution is 2.37. The molecule has 1 heterocycles. The third-order valence-electron chi connectivity index (χ3n) is 7.20. The molecule has 0 atom stereocenters. The van der Waals surface area contributed by atoms with Crippen molar-refractivity contribution in [3.05, 3.63) is 70.9 Å². The topological polar surface area (TPSA) is 74.7 Å². The minimum Gasteiger partial charge on any atom is -0.492 e. The number of hydrogen-bond acceptors (Lipinski definition) is 5. The Morgan fingerprint density at radius 2 is 1.85 bits per heavy atom. The molecule has 0 aliphatic heterocycles. The van der Waals surface area contributed by atoms with Crippen LogP contribution in [0.2, 0.25) is 5.02 Å². The first kappa shape index (κ1) is 29.1. The molecular formula is C32H40ClN3O3. The van der Waals surface area contributed by atoms with E-state index in [1.807, 2.05) is 50.5 Å². The van der Waals surface area contributed by atoms with Crippen molar-refractivity contribution in [1.29, 1.82) is 0 Å². The third kappa shape index (κ3) is 7.81. The maximum absolute atomic E-state index is 13.3. The van der Waals surface area contributed by atoms with Gasteiger partial charge < -0.3 is 20.1 Å². The quantitative estimate of drug-likeness (QED) is 0.271. The number of halogens is 1. The number of hydrogen-bond donors (Lipinski definition) is 2. The number of nitrogens with zero attached hydrogens (tertiary/aromatic N) is 2. The zero-order valence-corrected chi connectivity index (χ0v) is 24.0. The standard InChI is InChI=1S/C32H40ClN3O3/c1-4-8-22-9-5-6-10-26(22)27-16-18-29(32(38)34-24-12-14-25(37)15-13-24)35-31(27)23-11-17-28(33)30(21-23)39-20-7-19-36(2)3/h5-6,9-11,16-18,21,24-25,37H,4,7-8,12-15,19-20H2,1-3H3,(H,34,38). The average molecular weight is 550 g/mol. The summed E-state index contributed by atoms with van der Waals surface area (Å²) in [5.41, 5.74) is 5.26. The molecule has 0 radical (unpaired) electrons. The second-order valence-electron chi connectivity index (χ2n) is 10.6. The lowest BCUT2D eigenvalue weighted by molar-refractivity contribution is 0.0863. The van der Waals surface area contributed by atoms with E-state index in [0.717, 1.165) is 61.0 Å². The summed E-state index contributed by atoms with van der Waals surface area (Å²) in [7, 11) is 4.08. The Bertz CT molecular complexity index is 1260. The highest BCUT2D eigenvalue weighted by Gasteiger charge is 2.23. The van der Waals surface area contributed by atoms with Gasteiger partial charge in [0.1, 0.15) is 11.4 Å². The van der Waals surface area contributed by atoms with Gasteiger partial charge >= 0.3 is 0 Å². The van der Waals surface area contributed by atoms with Gasteiger partial charge in [0.05, 0.1) is 23.4 Å². The van der Waals surface area contributed by atoms with Crippen LogP contribution in [0.3, 0.4) is 0 Å². The van der Waals surface area contributed by atoms with Crippen LogP contribution >= 0.6 is 11.6 Å². The van der Waals surface area contributed by atoms with Gasteiger partial charge in [0.15, 0.2) is 0 Å². The maximum Gasteiger partial charge on any atom is 0.270 e. The average Bonchev–Trinajstić information content (AvgIpc) is 2.93. The Morgan fingerprint density at radius 3 is 2.59 bits per heavy atom. The molecule has 0 unspecified atom stereocenters. The Balaban J connectivity index is 1.70.